The van der Waals surface area contributed by atoms with E-state index < -0.39 is 21.9 Å². The molecular weight excluding hydrogens is 319 g/mol. The van der Waals surface area contributed by atoms with Crippen LogP contribution in [0.15, 0.2) is 41.6 Å². The molecule has 0 saturated carbocycles. The summed E-state index contributed by atoms with van der Waals surface area (Å²) in [5, 5.41) is 0. The number of pyridine rings is 1. The van der Waals surface area contributed by atoms with E-state index in [1.165, 1.54) is 26.2 Å². The zero-order chi connectivity index (χ0) is 17.0. The topological polar surface area (TPSA) is 68.3 Å². The summed E-state index contributed by atoms with van der Waals surface area (Å²) in [6, 6.07) is 5.74. The molecule has 2 rings (SSSR count). The van der Waals surface area contributed by atoms with Crippen LogP contribution in [0.4, 0.5) is 4.39 Å². The van der Waals surface area contributed by atoms with E-state index in [-0.39, 0.29) is 16.2 Å². The van der Waals surface area contributed by atoms with Gasteiger partial charge in [0.15, 0.2) is 11.6 Å². The smallest absolute Gasteiger partial charge is 0.241 e. The summed E-state index contributed by atoms with van der Waals surface area (Å²) in [4.78, 5) is 3.83. The second-order valence-corrected chi connectivity index (χ2v) is 6.75. The molecule has 7 heteroatoms. The van der Waals surface area contributed by atoms with Crippen LogP contribution in [0.2, 0.25) is 0 Å². The minimum Gasteiger partial charge on any atom is -0.494 e. The van der Waals surface area contributed by atoms with E-state index in [0.717, 1.165) is 5.56 Å². The van der Waals surface area contributed by atoms with Crippen LogP contribution < -0.4 is 9.46 Å². The van der Waals surface area contributed by atoms with Gasteiger partial charge in [0.1, 0.15) is 0 Å². The number of nitrogens with one attached hydrogen (secondary N) is 1. The van der Waals surface area contributed by atoms with Crippen molar-refractivity contribution in [2.75, 3.05) is 7.11 Å². The number of methoxy groups -OCH3 is 1. The van der Waals surface area contributed by atoms with Crippen molar-refractivity contribution >= 4 is 10.0 Å². The van der Waals surface area contributed by atoms with Gasteiger partial charge in [-0.3, -0.25) is 4.98 Å². The first-order valence-electron chi connectivity index (χ1n) is 7.16. The predicted molar refractivity (Wildman–Crippen MR) is 85.3 cm³/mol. The van der Waals surface area contributed by atoms with Crippen molar-refractivity contribution in [2.45, 2.75) is 31.2 Å². The molecule has 1 aromatic heterocycles. The fraction of sp³-hybridized carbons (Fsp3) is 0.312. The molecule has 0 bridgehead atoms. The highest BCUT2D eigenvalue weighted by atomic mass is 32.2. The Morgan fingerprint density at radius 2 is 1.91 bits per heavy atom. The predicted octanol–water partition coefficient (Wildman–Crippen LogP) is 2.97. The fourth-order valence-electron chi connectivity index (χ4n) is 2.32. The molecule has 0 saturated heterocycles. The van der Waals surface area contributed by atoms with E-state index in [0.29, 0.717) is 6.42 Å². The number of nitrogens with zero attached hydrogens (tertiary/aromatic N) is 1. The van der Waals surface area contributed by atoms with Crippen molar-refractivity contribution in [3.8, 4) is 5.75 Å². The quantitative estimate of drug-likeness (QED) is 0.879. The van der Waals surface area contributed by atoms with Gasteiger partial charge < -0.3 is 4.74 Å². The van der Waals surface area contributed by atoms with Gasteiger partial charge in [0.05, 0.1) is 12.0 Å². The van der Waals surface area contributed by atoms with E-state index in [4.69, 9.17) is 4.74 Å². The highest BCUT2D eigenvalue weighted by Crippen LogP contribution is 2.27. The summed E-state index contributed by atoms with van der Waals surface area (Å²) in [6.45, 7) is 3.29. The van der Waals surface area contributed by atoms with Crippen molar-refractivity contribution in [3.05, 3.63) is 53.6 Å². The maximum Gasteiger partial charge on any atom is 0.241 e. The summed E-state index contributed by atoms with van der Waals surface area (Å²) < 4.78 is 46.8. The van der Waals surface area contributed by atoms with E-state index in [9.17, 15) is 12.8 Å². The monoisotopic (exact) mass is 338 g/mol. The van der Waals surface area contributed by atoms with Crippen LogP contribution in [0.1, 0.15) is 30.5 Å². The highest BCUT2D eigenvalue weighted by molar-refractivity contribution is 7.89. The molecule has 0 fully saturated rings. The summed E-state index contributed by atoms with van der Waals surface area (Å²) >= 11 is 0. The third-order valence-electron chi connectivity index (χ3n) is 3.62. The summed E-state index contributed by atoms with van der Waals surface area (Å²) in [5.41, 5.74) is 0.833. The number of aromatic nitrogens is 1. The lowest BCUT2D eigenvalue weighted by Gasteiger charge is -2.19. The Bertz CT molecular complexity index is 779. The number of hydrogen-bond donors (Lipinski definition) is 1. The summed E-state index contributed by atoms with van der Waals surface area (Å²) in [5.74, 6) is -0.657. The molecule has 1 heterocycles. The second-order valence-electron chi connectivity index (χ2n) is 5.07. The van der Waals surface area contributed by atoms with E-state index in [1.54, 1.807) is 24.5 Å². The molecule has 5 nitrogen and oxygen atoms in total. The van der Waals surface area contributed by atoms with E-state index in [1.807, 2.05) is 6.92 Å². The average Bonchev–Trinajstić information content (AvgIpc) is 2.55. The third-order valence-corrected chi connectivity index (χ3v) is 5.24. The van der Waals surface area contributed by atoms with Crippen LogP contribution in [-0.2, 0) is 10.0 Å². The fourth-order valence-corrected chi connectivity index (χ4v) is 3.87. The molecule has 2 aromatic rings. The molecule has 124 valence electrons. The average molecular weight is 338 g/mol. The molecule has 0 amide bonds. The van der Waals surface area contributed by atoms with Crippen molar-refractivity contribution < 1.29 is 17.5 Å². The Labute approximate surface area is 135 Å². The zero-order valence-electron chi connectivity index (χ0n) is 13.2. The highest BCUT2D eigenvalue weighted by Gasteiger charge is 2.24. The Hall–Kier alpha value is -1.99. The lowest BCUT2D eigenvalue weighted by molar-refractivity contribution is 0.384. The van der Waals surface area contributed by atoms with E-state index >= 15 is 0 Å². The SMILES string of the molecule is CC[C@@H](NS(=O)(=O)c1ccc(OC)c(F)c1C)c1ccncc1. The number of hydrogen-bond acceptors (Lipinski definition) is 4. The largest absolute Gasteiger partial charge is 0.494 e. The molecule has 0 aliphatic heterocycles. The van der Waals surface area contributed by atoms with Crippen LogP contribution in [-0.4, -0.2) is 20.5 Å². The Morgan fingerprint density at radius 3 is 2.48 bits per heavy atom. The maximum atomic E-state index is 14.1. The van der Waals surface area contributed by atoms with Gasteiger partial charge in [0.25, 0.3) is 0 Å². The van der Waals surface area contributed by atoms with Crippen LogP contribution in [0.5, 0.6) is 5.75 Å². The molecular formula is C16H19FN2O3S. The van der Waals surface area contributed by atoms with Gasteiger partial charge in [-0.1, -0.05) is 6.92 Å². The number of sulfonamides is 1. The molecule has 0 spiro atoms. The molecule has 0 aliphatic carbocycles. The summed E-state index contributed by atoms with van der Waals surface area (Å²) in [6.07, 6.45) is 3.76. The van der Waals surface area contributed by atoms with Crippen molar-refractivity contribution in [3.63, 3.8) is 0 Å². The number of rotatable bonds is 6. The van der Waals surface area contributed by atoms with Crippen molar-refractivity contribution in [2.24, 2.45) is 0 Å². The van der Waals surface area contributed by atoms with Crippen LogP contribution in [0.25, 0.3) is 0 Å². The van der Waals surface area contributed by atoms with Gasteiger partial charge in [-0.15, -0.1) is 0 Å². The Morgan fingerprint density at radius 1 is 1.26 bits per heavy atom. The molecule has 1 aromatic carbocycles. The van der Waals surface area contributed by atoms with Gasteiger partial charge in [-0.2, -0.15) is 0 Å². The minimum atomic E-state index is -3.86. The van der Waals surface area contributed by atoms with Gasteiger partial charge in [-0.05, 0) is 43.2 Å². The molecule has 0 aliphatic rings. The van der Waals surface area contributed by atoms with Crippen molar-refractivity contribution in [1.82, 2.24) is 9.71 Å². The first-order chi connectivity index (χ1) is 10.9. The molecule has 0 radical (unpaired) electrons. The Kier molecular flexibility index (Phi) is 5.33. The van der Waals surface area contributed by atoms with Gasteiger partial charge in [-0.25, -0.2) is 17.5 Å². The van der Waals surface area contributed by atoms with E-state index in [2.05, 4.69) is 9.71 Å². The third kappa shape index (κ3) is 3.68. The first-order valence-corrected chi connectivity index (χ1v) is 8.64. The van der Waals surface area contributed by atoms with Gasteiger partial charge in [0, 0.05) is 24.0 Å². The van der Waals surface area contributed by atoms with Gasteiger partial charge >= 0.3 is 0 Å². The molecule has 1 N–H and O–H groups in total. The second kappa shape index (κ2) is 7.06. The number of ether oxygens (including phenoxy) is 1. The molecule has 1 atom stereocenters. The first kappa shape index (κ1) is 17.4. The molecule has 0 unspecified atom stereocenters. The normalized spacial score (nSPS) is 12.9. The van der Waals surface area contributed by atoms with Crippen LogP contribution in [0.3, 0.4) is 0 Å². The van der Waals surface area contributed by atoms with Gasteiger partial charge in [0.2, 0.25) is 10.0 Å². The van der Waals surface area contributed by atoms with Crippen molar-refractivity contribution in [1.29, 1.82) is 0 Å². The maximum absolute atomic E-state index is 14.1. The lowest BCUT2D eigenvalue weighted by atomic mass is 10.1. The number of benzene rings is 1. The zero-order valence-corrected chi connectivity index (χ0v) is 14.0. The lowest BCUT2D eigenvalue weighted by Crippen LogP contribution is -2.29. The summed E-state index contributed by atoms with van der Waals surface area (Å²) in [7, 11) is -2.53. The minimum absolute atomic E-state index is 0.0163. The number of halogens is 1. The Balaban J connectivity index is 2.37. The standard InChI is InChI=1S/C16H19FN2O3S/c1-4-13(12-7-9-18-10-8-12)19-23(20,21)15-6-5-14(22-3)16(17)11(15)2/h5-10,13,19H,4H2,1-3H3/t13-/m1/s1. The molecule has 23 heavy (non-hydrogen) atoms. The van der Waals surface area contributed by atoms with Crippen LogP contribution in [0, 0.1) is 12.7 Å². The van der Waals surface area contributed by atoms with Crippen LogP contribution >= 0.6 is 0 Å².